The van der Waals surface area contributed by atoms with Crippen LogP contribution < -0.4 is 4.74 Å². The molecule has 4 rings (SSSR count). The molecule has 0 saturated carbocycles. The summed E-state index contributed by atoms with van der Waals surface area (Å²) in [6.45, 7) is 5.72. The third-order valence-corrected chi connectivity index (χ3v) is 8.09. The number of piperidine rings is 1. The van der Waals surface area contributed by atoms with E-state index < -0.39 is 11.3 Å². The molecular weight excluding hydrogens is 474 g/mol. The van der Waals surface area contributed by atoms with Gasteiger partial charge in [0, 0.05) is 42.2 Å². The van der Waals surface area contributed by atoms with Crippen LogP contribution in [0.4, 0.5) is 0 Å². The molecule has 10 heteroatoms. The van der Waals surface area contributed by atoms with Gasteiger partial charge in [0.25, 0.3) is 11.8 Å². The summed E-state index contributed by atoms with van der Waals surface area (Å²) < 4.78 is 10.5. The van der Waals surface area contributed by atoms with Gasteiger partial charge in [-0.2, -0.15) is 0 Å². The minimum atomic E-state index is -0.608. The third kappa shape index (κ3) is 5.38. The highest BCUT2D eigenvalue weighted by Crippen LogP contribution is 2.32. The first kappa shape index (κ1) is 24.5. The number of aromatic nitrogens is 1. The van der Waals surface area contributed by atoms with Crippen LogP contribution in [0, 0.1) is 0 Å². The molecule has 182 valence electrons. The van der Waals surface area contributed by atoms with Crippen LogP contribution in [0.15, 0.2) is 29.6 Å². The molecule has 2 aliphatic rings. The van der Waals surface area contributed by atoms with E-state index >= 15 is 0 Å². The quantitative estimate of drug-likeness (QED) is 0.556. The Bertz CT molecular complexity index is 1030. The summed E-state index contributed by atoms with van der Waals surface area (Å²) in [6, 6.07) is 7.28. The van der Waals surface area contributed by atoms with Crippen molar-refractivity contribution in [3.05, 3.63) is 45.9 Å². The highest BCUT2D eigenvalue weighted by atomic mass is 32.2. The molecule has 0 N–H and O–H groups in total. The first-order chi connectivity index (χ1) is 16.4. The first-order valence-electron chi connectivity index (χ1n) is 11.4. The van der Waals surface area contributed by atoms with Crippen LogP contribution in [0.5, 0.6) is 5.75 Å². The van der Waals surface area contributed by atoms with Crippen molar-refractivity contribution in [2.24, 2.45) is 0 Å². The Morgan fingerprint density at radius 2 is 1.76 bits per heavy atom. The van der Waals surface area contributed by atoms with Gasteiger partial charge in [-0.25, -0.2) is 9.78 Å². The van der Waals surface area contributed by atoms with Gasteiger partial charge >= 0.3 is 5.97 Å². The van der Waals surface area contributed by atoms with E-state index in [1.165, 1.54) is 35.1 Å². The van der Waals surface area contributed by atoms with Crippen LogP contribution >= 0.6 is 23.1 Å². The molecule has 2 fully saturated rings. The van der Waals surface area contributed by atoms with Gasteiger partial charge in [-0.3, -0.25) is 9.59 Å². The van der Waals surface area contributed by atoms with Crippen LogP contribution in [0.2, 0.25) is 0 Å². The predicted molar refractivity (Wildman–Crippen MR) is 131 cm³/mol. The number of hydrogen-bond acceptors (Lipinski definition) is 8. The molecule has 34 heavy (non-hydrogen) atoms. The van der Waals surface area contributed by atoms with E-state index in [0.717, 1.165) is 23.6 Å². The zero-order valence-electron chi connectivity index (χ0n) is 19.6. The van der Waals surface area contributed by atoms with Crippen molar-refractivity contribution in [3.63, 3.8) is 0 Å². The van der Waals surface area contributed by atoms with E-state index in [1.54, 1.807) is 5.38 Å². The number of thiazole rings is 1. The number of methoxy groups -OCH3 is 1. The second kappa shape index (κ2) is 10.8. The van der Waals surface area contributed by atoms with E-state index in [-0.39, 0.29) is 23.8 Å². The van der Waals surface area contributed by atoms with Crippen molar-refractivity contribution in [2.45, 2.75) is 44.1 Å². The number of thioether (sulfide) groups is 1. The van der Waals surface area contributed by atoms with Crippen molar-refractivity contribution in [3.8, 4) is 5.75 Å². The molecule has 2 aromatic rings. The number of esters is 1. The highest BCUT2D eigenvalue weighted by Gasteiger charge is 2.37. The van der Waals surface area contributed by atoms with E-state index in [2.05, 4.69) is 4.98 Å². The number of amides is 2. The summed E-state index contributed by atoms with van der Waals surface area (Å²) in [7, 11) is 1.33. The summed E-state index contributed by atoms with van der Waals surface area (Å²) in [5, 5.41) is 2.07. The Morgan fingerprint density at radius 1 is 1.06 bits per heavy atom. The van der Waals surface area contributed by atoms with Crippen LogP contribution in [0.1, 0.15) is 58.5 Å². The maximum atomic E-state index is 12.9. The van der Waals surface area contributed by atoms with Gasteiger partial charge in [0.05, 0.1) is 18.2 Å². The summed E-state index contributed by atoms with van der Waals surface area (Å²) in [5.74, 6) is 1.03. The lowest BCUT2D eigenvalue weighted by Gasteiger charge is -2.31. The number of benzene rings is 1. The summed E-state index contributed by atoms with van der Waals surface area (Å²) in [5.41, 5.74) is 1.03. The average Bonchev–Trinajstić information content (AvgIpc) is 3.53. The summed E-state index contributed by atoms with van der Waals surface area (Å²) in [6.07, 6.45) is 1.68. The van der Waals surface area contributed by atoms with Crippen LogP contribution in [-0.2, 0) is 9.53 Å². The molecule has 2 aliphatic heterocycles. The zero-order valence-corrected chi connectivity index (χ0v) is 21.2. The molecule has 1 aromatic heterocycles. The summed E-state index contributed by atoms with van der Waals surface area (Å²) in [4.78, 5) is 45.8. The largest absolute Gasteiger partial charge is 0.491 e. The van der Waals surface area contributed by atoms with Crippen molar-refractivity contribution in [1.29, 1.82) is 0 Å². The van der Waals surface area contributed by atoms with E-state index in [4.69, 9.17) is 9.47 Å². The predicted octanol–water partition coefficient (Wildman–Crippen LogP) is 3.64. The number of carbonyl (C=O) groups is 3. The van der Waals surface area contributed by atoms with Crippen molar-refractivity contribution >= 4 is 40.9 Å². The van der Waals surface area contributed by atoms with Gasteiger partial charge < -0.3 is 19.3 Å². The van der Waals surface area contributed by atoms with Gasteiger partial charge in [-0.1, -0.05) is 0 Å². The second-order valence-electron chi connectivity index (χ2n) is 8.57. The maximum absolute atomic E-state index is 12.9. The molecule has 3 heterocycles. The van der Waals surface area contributed by atoms with Crippen LogP contribution in [0.25, 0.3) is 0 Å². The minimum Gasteiger partial charge on any atom is -0.491 e. The molecule has 0 radical (unpaired) electrons. The van der Waals surface area contributed by atoms with E-state index in [9.17, 15) is 14.4 Å². The van der Waals surface area contributed by atoms with Crippen LogP contribution in [-0.4, -0.2) is 76.5 Å². The van der Waals surface area contributed by atoms with E-state index in [1.807, 2.05) is 43.0 Å². The monoisotopic (exact) mass is 503 g/mol. The fourth-order valence-electron chi connectivity index (χ4n) is 4.15. The lowest BCUT2D eigenvalue weighted by Crippen LogP contribution is -2.40. The molecule has 1 aromatic carbocycles. The maximum Gasteiger partial charge on any atom is 0.339 e. The molecule has 0 spiro atoms. The van der Waals surface area contributed by atoms with Crippen molar-refractivity contribution in [1.82, 2.24) is 14.8 Å². The van der Waals surface area contributed by atoms with Crippen LogP contribution in [0.3, 0.4) is 0 Å². The van der Waals surface area contributed by atoms with Gasteiger partial charge in [0.15, 0.2) is 5.37 Å². The first-order valence-corrected chi connectivity index (χ1v) is 13.3. The number of carbonyl (C=O) groups excluding carboxylic acids is 3. The van der Waals surface area contributed by atoms with Gasteiger partial charge in [0.1, 0.15) is 11.4 Å². The molecule has 2 saturated heterocycles. The number of likely N-dealkylation sites (tertiary alicyclic amines) is 1. The number of ether oxygens (including phenoxy) is 2. The number of nitrogens with zero attached hydrogens (tertiary/aromatic N) is 3. The fourth-order valence-corrected chi connectivity index (χ4v) is 6.26. The Labute approximate surface area is 207 Å². The lowest BCUT2D eigenvalue weighted by molar-refractivity contribution is -0.142. The Balaban J connectivity index is 1.34. The Hall–Kier alpha value is -2.59. The third-order valence-electron chi connectivity index (χ3n) is 5.90. The molecule has 1 atom stereocenters. The molecule has 8 nitrogen and oxygen atoms in total. The lowest BCUT2D eigenvalue weighted by atomic mass is 9.97. The van der Waals surface area contributed by atoms with Gasteiger partial charge in [-0.05, 0) is 51.0 Å². The Kier molecular flexibility index (Phi) is 7.77. The smallest absolute Gasteiger partial charge is 0.339 e. The highest BCUT2D eigenvalue weighted by molar-refractivity contribution is 8.00. The number of hydrogen-bond donors (Lipinski definition) is 0. The average molecular weight is 504 g/mol. The standard InChI is InChI=1S/C24H29N3O5S2/c1-15(2)32-18-6-4-17(5-7-18)21(28)26-10-8-16(9-11-26)20-25-19(14-34-20)22(29)27-12-13-33-23(27)24(30)31-3/h4-7,14-16,23H,8-13H2,1-3H3. The molecule has 0 aliphatic carbocycles. The van der Waals surface area contributed by atoms with Crippen molar-refractivity contribution in [2.75, 3.05) is 32.5 Å². The number of rotatable bonds is 6. The van der Waals surface area contributed by atoms with Crippen molar-refractivity contribution < 1.29 is 23.9 Å². The topological polar surface area (TPSA) is 89.0 Å². The molecule has 0 bridgehead atoms. The summed E-state index contributed by atoms with van der Waals surface area (Å²) >= 11 is 2.88. The van der Waals surface area contributed by atoms with Gasteiger partial charge in [-0.15, -0.1) is 23.1 Å². The van der Waals surface area contributed by atoms with E-state index in [0.29, 0.717) is 36.6 Å². The minimum absolute atomic E-state index is 0.0185. The molecule has 1 unspecified atom stereocenters. The SMILES string of the molecule is COC(=O)C1SCCN1C(=O)c1csc(C2CCN(C(=O)c3ccc(OC(C)C)cc3)CC2)n1. The Morgan fingerprint density at radius 3 is 2.41 bits per heavy atom. The zero-order chi connectivity index (χ0) is 24.2. The fraction of sp³-hybridized carbons (Fsp3) is 0.500. The van der Waals surface area contributed by atoms with Gasteiger partial charge in [0.2, 0.25) is 0 Å². The second-order valence-corrected chi connectivity index (χ2v) is 10.7. The molecule has 2 amide bonds. The molecular formula is C24H29N3O5S2. The normalized spacial score (nSPS) is 18.9.